The fourth-order valence-corrected chi connectivity index (χ4v) is 4.85. The summed E-state index contributed by atoms with van der Waals surface area (Å²) in [7, 11) is 0. The minimum Gasteiger partial charge on any atom is -0.300 e. The first-order valence-electron chi connectivity index (χ1n) is 12.8. The maximum atomic E-state index is 3.71. The van der Waals surface area contributed by atoms with Crippen LogP contribution in [-0.4, -0.2) is 40.1 Å². The van der Waals surface area contributed by atoms with E-state index < -0.39 is 0 Å². The lowest BCUT2D eigenvalue weighted by Crippen LogP contribution is -2.49. The Morgan fingerprint density at radius 2 is 1.19 bits per heavy atom. The fraction of sp³-hybridized carbons (Fsp3) is 0.219. The fourth-order valence-electron chi connectivity index (χ4n) is 4.85. The number of nitrogens with one attached hydrogen (secondary N) is 1. The Kier molecular flexibility index (Phi) is 8.32. The molecule has 1 unspecified atom stereocenters. The first-order chi connectivity index (χ1) is 17.8. The monoisotopic (exact) mass is 475 g/mol. The molecule has 1 aliphatic heterocycles. The van der Waals surface area contributed by atoms with Crippen molar-refractivity contribution in [2.75, 3.05) is 13.3 Å². The average molecular weight is 476 g/mol. The van der Waals surface area contributed by atoms with Crippen molar-refractivity contribution in [1.82, 2.24) is 15.1 Å². The molecule has 0 saturated heterocycles. The third-order valence-electron chi connectivity index (χ3n) is 6.63. The Morgan fingerprint density at radius 1 is 0.667 bits per heavy atom. The van der Waals surface area contributed by atoms with E-state index in [1.54, 1.807) is 0 Å². The molecule has 0 saturated carbocycles. The highest BCUT2D eigenvalue weighted by Crippen LogP contribution is 2.18. The van der Waals surface area contributed by atoms with E-state index in [1.165, 1.54) is 22.3 Å². The summed E-state index contributed by atoms with van der Waals surface area (Å²) < 4.78 is 2.46. The average Bonchev–Trinajstić information content (AvgIpc) is 3.32. The molecule has 0 bridgehead atoms. The second-order valence-corrected chi connectivity index (χ2v) is 9.47. The number of nitrogens with zero attached hydrogens (tertiary/aromatic N) is 3. The van der Waals surface area contributed by atoms with E-state index in [1.807, 2.05) is 0 Å². The van der Waals surface area contributed by atoms with Gasteiger partial charge in [-0.3, -0.25) is 4.90 Å². The summed E-state index contributed by atoms with van der Waals surface area (Å²) >= 11 is 0. The molecule has 0 amide bonds. The van der Waals surface area contributed by atoms with Crippen LogP contribution in [0.2, 0.25) is 0 Å². The molecule has 1 heterocycles. The van der Waals surface area contributed by atoms with E-state index in [0.29, 0.717) is 0 Å². The number of benzene rings is 4. The molecule has 1 N–H and O–H groups in total. The molecule has 1 atom stereocenters. The summed E-state index contributed by atoms with van der Waals surface area (Å²) in [6.07, 6.45) is 2.61. The van der Waals surface area contributed by atoms with Crippen LogP contribution >= 0.6 is 0 Å². The Balaban J connectivity index is 1.38. The van der Waals surface area contributed by atoms with Crippen molar-refractivity contribution in [3.63, 3.8) is 0 Å². The van der Waals surface area contributed by atoms with Crippen LogP contribution in [0.3, 0.4) is 0 Å². The molecule has 0 spiro atoms. The molecule has 0 aromatic heterocycles. The maximum Gasteiger partial charge on any atom is 0.201 e. The molecule has 0 aliphatic carbocycles. The normalized spacial score (nSPS) is 15.8. The predicted molar refractivity (Wildman–Crippen MR) is 147 cm³/mol. The van der Waals surface area contributed by atoms with E-state index in [2.05, 4.69) is 147 Å². The van der Waals surface area contributed by atoms with Crippen molar-refractivity contribution < 1.29 is 4.58 Å². The van der Waals surface area contributed by atoms with Crippen LogP contribution in [0.1, 0.15) is 22.3 Å². The van der Waals surface area contributed by atoms with Crippen LogP contribution in [0, 0.1) is 0 Å². The number of rotatable bonds is 11. The lowest BCUT2D eigenvalue weighted by Gasteiger charge is -2.31. The molecule has 0 radical (unpaired) electrons. The molecular formula is C32H35N4+. The smallest absolute Gasteiger partial charge is 0.201 e. The van der Waals surface area contributed by atoms with Crippen LogP contribution < -0.4 is 5.32 Å². The summed E-state index contributed by atoms with van der Waals surface area (Å²) in [5.74, 6) is 0. The van der Waals surface area contributed by atoms with E-state index in [0.717, 1.165) is 39.5 Å². The van der Waals surface area contributed by atoms with Gasteiger partial charge in [0.15, 0.2) is 12.8 Å². The Labute approximate surface area is 215 Å². The zero-order valence-electron chi connectivity index (χ0n) is 20.8. The van der Waals surface area contributed by atoms with Crippen molar-refractivity contribution in [1.29, 1.82) is 0 Å². The van der Waals surface area contributed by atoms with Gasteiger partial charge >= 0.3 is 0 Å². The molecule has 0 fully saturated rings. The van der Waals surface area contributed by atoms with E-state index in [9.17, 15) is 0 Å². The number of hydrogen-bond acceptors (Lipinski definition) is 3. The van der Waals surface area contributed by atoms with Crippen LogP contribution in [0.15, 0.2) is 121 Å². The quantitative estimate of drug-likeness (QED) is 0.234. The van der Waals surface area contributed by atoms with Crippen LogP contribution in [-0.2, 0) is 26.2 Å². The van der Waals surface area contributed by atoms with Gasteiger partial charge < -0.3 is 5.32 Å². The predicted octanol–water partition coefficient (Wildman–Crippen LogP) is 5.32. The van der Waals surface area contributed by atoms with Crippen molar-refractivity contribution in [2.45, 2.75) is 32.3 Å². The van der Waals surface area contributed by atoms with Crippen LogP contribution in [0.4, 0.5) is 0 Å². The third-order valence-corrected chi connectivity index (χ3v) is 6.63. The molecule has 4 aromatic rings. The van der Waals surface area contributed by atoms with Gasteiger partial charge in [0.05, 0.1) is 6.67 Å². The van der Waals surface area contributed by atoms with Crippen molar-refractivity contribution in [2.24, 2.45) is 0 Å². The van der Waals surface area contributed by atoms with Crippen molar-refractivity contribution in [3.05, 3.63) is 144 Å². The molecule has 182 valence electrons. The zero-order valence-corrected chi connectivity index (χ0v) is 20.8. The first kappa shape index (κ1) is 24.1. The van der Waals surface area contributed by atoms with E-state index in [-0.39, 0.29) is 6.17 Å². The minimum atomic E-state index is 0.192. The molecule has 4 heteroatoms. The summed E-state index contributed by atoms with van der Waals surface area (Å²) in [6, 6.07) is 43.0. The van der Waals surface area contributed by atoms with E-state index in [4.69, 9.17) is 0 Å². The first-order valence-corrected chi connectivity index (χ1v) is 12.8. The second-order valence-electron chi connectivity index (χ2n) is 9.47. The molecular weight excluding hydrogens is 440 g/mol. The third kappa shape index (κ3) is 6.76. The van der Waals surface area contributed by atoms with Crippen LogP contribution in [0.5, 0.6) is 0 Å². The Morgan fingerprint density at radius 3 is 1.81 bits per heavy atom. The zero-order chi connectivity index (χ0) is 24.4. The number of hydrogen-bond donors (Lipinski definition) is 1. The summed E-state index contributed by atoms with van der Waals surface area (Å²) in [6.45, 7) is 5.27. The van der Waals surface area contributed by atoms with Gasteiger partial charge in [0, 0.05) is 25.2 Å². The topological polar surface area (TPSA) is 21.5 Å². The largest absolute Gasteiger partial charge is 0.300 e. The van der Waals surface area contributed by atoms with Gasteiger partial charge in [0.2, 0.25) is 6.67 Å². The standard InChI is InChI=1S/C32H35N4/c1-5-13-28(14-6-1)21-33-26-35(23-30-17-9-3-10-18-30)32-25-34(22-29-15-7-2-8-16-29)27-36(32)24-31-19-11-4-12-20-31/h1-20,25,32-33H,21-24,26-27H2/q+1. The van der Waals surface area contributed by atoms with Gasteiger partial charge in [0.1, 0.15) is 6.17 Å². The lowest BCUT2D eigenvalue weighted by molar-refractivity contribution is -0.548. The van der Waals surface area contributed by atoms with Crippen molar-refractivity contribution in [3.8, 4) is 0 Å². The van der Waals surface area contributed by atoms with Gasteiger partial charge in [-0.1, -0.05) is 121 Å². The maximum absolute atomic E-state index is 3.71. The molecule has 36 heavy (non-hydrogen) atoms. The second kappa shape index (κ2) is 12.4. The summed E-state index contributed by atoms with van der Waals surface area (Å²) in [5.41, 5.74) is 5.31. The van der Waals surface area contributed by atoms with Gasteiger partial charge in [-0.2, -0.15) is 0 Å². The van der Waals surface area contributed by atoms with Crippen LogP contribution in [0.25, 0.3) is 0 Å². The van der Waals surface area contributed by atoms with Gasteiger partial charge in [-0.05, 0) is 16.7 Å². The Hall–Kier alpha value is -3.57. The highest BCUT2D eigenvalue weighted by atomic mass is 15.5. The summed E-state index contributed by atoms with van der Waals surface area (Å²) in [5, 5.41) is 3.71. The molecule has 4 aromatic carbocycles. The minimum absolute atomic E-state index is 0.192. The van der Waals surface area contributed by atoms with Gasteiger partial charge in [0.25, 0.3) is 0 Å². The molecule has 1 aliphatic rings. The van der Waals surface area contributed by atoms with E-state index >= 15 is 0 Å². The lowest BCUT2D eigenvalue weighted by atomic mass is 10.2. The van der Waals surface area contributed by atoms with Crippen molar-refractivity contribution >= 4 is 6.21 Å². The highest BCUT2D eigenvalue weighted by Gasteiger charge is 2.35. The van der Waals surface area contributed by atoms with Gasteiger partial charge in [-0.25, -0.2) is 9.48 Å². The highest BCUT2D eigenvalue weighted by molar-refractivity contribution is 5.60. The molecule has 4 nitrogen and oxygen atoms in total. The SMILES string of the molecule is C1=[N+](Cc2ccccc2)CN(Cc2ccccc2)C1N(CNCc1ccccc1)Cc1ccccc1. The Bertz CT molecular complexity index is 1210. The molecule has 5 rings (SSSR count). The summed E-state index contributed by atoms with van der Waals surface area (Å²) in [4.78, 5) is 5.12. The van der Waals surface area contributed by atoms with Gasteiger partial charge in [-0.15, -0.1) is 0 Å².